The highest BCUT2D eigenvalue weighted by atomic mass is 19.4. The summed E-state index contributed by atoms with van der Waals surface area (Å²) in [5.41, 5.74) is -2.41. The average molecular weight is 480 g/mol. The Kier molecular flexibility index (Phi) is 5.38. The summed E-state index contributed by atoms with van der Waals surface area (Å²) in [7, 11) is 0. The largest absolute Gasteiger partial charge is 0.450 e. The molecule has 1 saturated carbocycles. The third kappa shape index (κ3) is 3.73. The highest BCUT2D eigenvalue weighted by molar-refractivity contribution is 5.96. The molecule has 1 N–H and O–H groups in total. The van der Waals surface area contributed by atoms with Crippen molar-refractivity contribution in [2.24, 2.45) is 5.92 Å². The number of hydrogen-bond donors (Lipinski definition) is 1. The summed E-state index contributed by atoms with van der Waals surface area (Å²) in [6.07, 6.45) is -3.15. The van der Waals surface area contributed by atoms with E-state index in [1.807, 2.05) is 0 Å². The van der Waals surface area contributed by atoms with Crippen molar-refractivity contribution < 1.29 is 36.3 Å². The molecule has 2 aromatic carbocycles. The zero-order chi connectivity index (χ0) is 24.3. The van der Waals surface area contributed by atoms with Gasteiger partial charge in [-0.2, -0.15) is 13.2 Å². The van der Waals surface area contributed by atoms with Gasteiger partial charge in [0.25, 0.3) is 0 Å². The molecule has 1 spiro atoms. The maximum Gasteiger partial charge on any atom is 0.416 e. The number of esters is 1. The van der Waals surface area contributed by atoms with Crippen LogP contribution in [0.1, 0.15) is 46.3 Å². The summed E-state index contributed by atoms with van der Waals surface area (Å²) in [6, 6.07) is 6.50. The van der Waals surface area contributed by atoms with Crippen LogP contribution in [0.5, 0.6) is 0 Å². The number of piperidine rings is 1. The minimum absolute atomic E-state index is 0.0370. The van der Waals surface area contributed by atoms with E-state index in [4.69, 9.17) is 4.74 Å². The first kappa shape index (κ1) is 22.8. The molecule has 1 saturated heterocycles. The standard InChI is InChI=1S/C24H21F5N2O3/c25-19-9-15-17(10-20(19)26)23(34-22(15)33)7-8-30-11-18(23)21(32)31(14-5-6-14)12-13-3-1-2-4-16(13)24(27,28)29/h1-4,9-10,14,18,30H,5-8,11-12H2/t18-,23+/m1/s1. The lowest BCUT2D eigenvalue weighted by Gasteiger charge is -2.42. The number of halogens is 5. The van der Waals surface area contributed by atoms with Gasteiger partial charge in [-0.3, -0.25) is 4.79 Å². The first-order valence-corrected chi connectivity index (χ1v) is 11.0. The van der Waals surface area contributed by atoms with E-state index in [1.165, 1.54) is 23.1 Å². The Hall–Kier alpha value is -3.01. The molecule has 3 aliphatic rings. The van der Waals surface area contributed by atoms with Gasteiger partial charge in [-0.15, -0.1) is 0 Å². The zero-order valence-electron chi connectivity index (χ0n) is 17.9. The van der Waals surface area contributed by atoms with Gasteiger partial charge in [0.15, 0.2) is 17.2 Å². The van der Waals surface area contributed by atoms with Crippen molar-refractivity contribution in [3.63, 3.8) is 0 Å². The summed E-state index contributed by atoms with van der Waals surface area (Å²) in [5, 5.41) is 3.07. The first-order chi connectivity index (χ1) is 16.1. The predicted molar refractivity (Wildman–Crippen MR) is 109 cm³/mol. The lowest BCUT2D eigenvalue weighted by Crippen LogP contribution is -2.55. The fraction of sp³-hybridized carbons (Fsp3) is 0.417. The van der Waals surface area contributed by atoms with Crippen LogP contribution in [-0.2, 0) is 27.9 Å². The Balaban J connectivity index is 1.52. The Morgan fingerprint density at radius 1 is 1.15 bits per heavy atom. The lowest BCUT2D eigenvalue weighted by molar-refractivity contribution is -0.151. The molecule has 180 valence electrons. The van der Waals surface area contributed by atoms with E-state index in [1.54, 1.807) is 0 Å². The number of ether oxygens (including phenoxy) is 1. The highest BCUT2D eigenvalue weighted by Gasteiger charge is 2.57. The van der Waals surface area contributed by atoms with Crippen LogP contribution in [0.25, 0.3) is 0 Å². The van der Waals surface area contributed by atoms with Crippen molar-refractivity contribution in [1.29, 1.82) is 0 Å². The van der Waals surface area contributed by atoms with E-state index >= 15 is 0 Å². The smallest absolute Gasteiger partial charge is 0.416 e. The molecule has 0 radical (unpaired) electrons. The Morgan fingerprint density at radius 3 is 2.56 bits per heavy atom. The number of amides is 1. The molecule has 2 atom stereocenters. The van der Waals surface area contributed by atoms with Gasteiger partial charge in [0.2, 0.25) is 5.91 Å². The maximum atomic E-state index is 14.1. The number of hydrogen-bond acceptors (Lipinski definition) is 4. The third-order valence-corrected chi connectivity index (χ3v) is 6.83. The van der Waals surface area contributed by atoms with Crippen LogP contribution in [-0.4, -0.2) is 35.9 Å². The van der Waals surface area contributed by atoms with E-state index in [0.717, 1.165) is 18.2 Å². The van der Waals surface area contributed by atoms with Gasteiger partial charge in [-0.05, 0) is 43.1 Å². The molecule has 10 heteroatoms. The molecular formula is C24H21F5N2O3. The molecule has 1 aliphatic carbocycles. The molecule has 2 fully saturated rings. The van der Waals surface area contributed by atoms with Gasteiger partial charge in [-0.25, -0.2) is 13.6 Å². The number of nitrogens with one attached hydrogen (secondary N) is 1. The zero-order valence-corrected chi connectivity index (χ0v) is 17.9. The average Bonchev–Trinajstić information content (AvgIpc) is 3.60. The van der Waals surface area contributed by atoms with Crippen molar-refractivity contribution in [3.05, 3.63) is 70.3 Å². The summed E-state index contributed by atoms with van der Waals surface area (Å²) in [6.45, 7) is 0.175. The highest BCUT2D eigenvalue weighted by Crippen LogP contribution is 2.48. The summed E-state index contributed by atoms with van der Waals surface area (Å²) in [5.74, 6) is -4.71. The van der Waals surface area contributed by atoms with Crippen molar-refractivity contribution >= 4 is 11.9 Å². The second-order valence-corrected chi connectivity index (χ2v) is 8.95. The van der Waals surface area contributed by atoms with Gasteiger partial charge in [-0.1, -0.05) is 18.2 Å². The maximum absolute atomic E-state index is 14.1. The second kappa shape index (κ2) is 8.04. The number of nitrogens with zero attached hydrogens (tertiary/aromatic N) is 1. The molecule has 5 rings (SSSR count). The molecule has 2 heterocycles. The van der Waals surface area contributed by atoms with Crippen LogP contribution in [0.4, 0.5) is 22.0 Å². The van der Waals surface area contributed by atoms with E-state index in [2.05, 4.69) is 5.32 Å². The fourth-order valence-electron chi connectivity index (χ4n) is 5.02. The van der Waals surface area contributed by atoms with E-state index < -0.39 is 46.8 Å². The molecule has 0 unspecified atom stereocenters. The van der Waals surface area contributed by atoms with Gasteiger partial charge < -0.3 is 15.0 Å². The SMILES string of the molecule is O=C1O[C@@]2(CCNC[C@@H]2C(=O)N(Cc2ccccc2C(F)(F)F)C2CC2)c2cc(F)c(F)cc21. The van der Waals surface area contributed by atoms with Crippen molar-refractivity contribution in [3.8, 4) is 0 Å². The van der Waals surface area contributed by atoms with E-state index in [9.17, 15) is 31.5 Å². The lowest BCUT2D eigenvalue weighted by atomic mass is 9.75. The second-order valence-electron chi connectivity index (χ2n) is 8.95. The number of benzene rings is 2. The quantitative estimate of drug-likeness (QED) is 0.528. The topological polar surface area (TPSA) is 58.6 Å². The van der Waals surface area contributed by atoms with Crippen molar-refractivity contribution in [1.82, 2.24) is 10.2 Å². The van der Waals surface area contributed by atoms with Crippen LogP contribution in [0.2, 0.25) is 0 Å². The molecule has 2 aromatic rings. The first-order valence-electron chi connectivity index (χ1n) is 11.0. The molecule has 0 aromatic heterocycles. The van der Waals surface area contributed by atoms with Crippen molar-refractivity contribution in [2.75, 3.05) is 13.1 Å². The van der Waals surface area contributed by atoms with Gasteiger partial charge in [0.05, 0.1) is 17.0 Å². The van der Waals surface area contributed by atoms with E-state index in [-0.39, 0.29) is 42.2 Å². The van der Waals surface area contributed by atoms with Gasteiger partial charge >= 0.3 is 12.1 Å². The molecular weight excluding hydrogens is 459 g/mol. The fourth-order valence-corrected chi connectivity index (χ4v) is 5.02. The molecule has 5 nitrogen and oxygen atoms in total. The van der Waals surface area contributed by atoms with Gasteiger partial charge in [0.1, 0.15) is 0 Å². The molecule has 1 amide bonds. The Bertz CT molecular complexity index is 1160. The number of alkyl halides is 3. The van der Waals surface area contributed by atoms with Crippen LogP contribution >= 0.6 is 0 Å². The third-order valence-electron chi connectivity index (χ3n) is 6.83. The molecule has 2 aliphatic heterocycles. The summed E-state index contributed by atoms with van der Waals surface area (Å²) >= 11 is 0. The molecule has 34 heavy (non-hydrogen) atoms. The Labute approximate surface area is 191 Å². The summed E-state index contributed by atoms with van der Waals surface area (Å²) in [4.78, 5) is 27.8. The van der Waals surface area contributed by atoms with Crippen LogP contribution in [0.3, 0.4) is 0 Å². The number of carbonyl (C=O) groups excluding carboxylic acids is 2. The monoisotopic (exact) mass is 480 g/mol. The summed E-state index contributed by atoms with van der Waals surface area (Å²) < 4.78 is 74.3. The number of carbonyl (C=O) groups is 2. The van der Waals surface area contributed by atoms with E-state index in [0.29, 0.717) is 19.4 Å². The minimum Gasteiger partial charge on any atom is -0.450 e. The Morgan fingerprint density at radius 2 is 1.85 bits per heavy atom. The number of rotatable bonds is 4. The minimum atomic E-state index is -4.58. The van der Waals surface area contributed by atoms with Crippen LogP contribution in [0, 0.1) is 17.6 Å². The molecule has 0 bridgehead atoms. The van der Waals surface area contributed by atoms with Crippen LogP contribution < -0.4 is 5.32 Å². The number of fused-ring (bicyclic) bond motifs is 2. The van der Waals surface area contributed by atoms with Crippen molar-refractivity contribution in [2.45, 2.75) is 43.6 Å². The van der Waals surface area contributed by atoms with Crippen LogP contribution in [0.15, 0.2) is 36.4 Å². The normalized spacial score (nSPS) is 24.1. The van der Waals surface area contributed by atoms with Gasteiger partial charge in [0, 0.05) is 31.1 Å². The predicted octanol–water partition coefficient (Wildman–Crippen LogP) is 4.15.